The fraction of sp³-hybridized carbons (Fsp3) is 0.0870. The lowest BCUT2D eigenvalue weighted by Crippen LogP contribution is -2.13. The lowest BCUT2D eigenvalue weighted by atomic mass is 10.1. The monoisotopic (exact) mass is 455 g/mol. The first-order valence-electron chi connectivity index (χ1n) is 9.57. The van der Waals surface area contributed by atoms with Crippen molar-refractivity contribution < 1.29 is 32.6 Å². The number of hydrogen-bond acceptors (Lipinski definition) is 4. The van der Waals surface area contributed by atoms with Gasteiger partial charge in [-0.2, -0.15) is 13.2 Å². The molecule has 2 aromatic heterocycles. The van der Waals surface area contributed by atoms with Crippen molar-refractivity contribution in [1.82, 2.24) is 9.55 Å². The maximum absolute atomic E-state index is 12.6. The number of aromatic nitrogens is 2. The quantitative estimate of drug-likeness (QED) is 0.424. The zero-order valence-corrected chi connectivity index (χ0v) is 17.1. The van der Waals surface area contributed by atoms with E-state index in [1.54, 1.807) is 29.8 Å². The third-order valence-electron chi connectivity index (χ3n) is 4.92. The molecule has 0 fully saturated rings. The third-order valence-corrected chi connectivity index (χ3v) is 4.92. The van der Waals surface area contributed by atoms with E-state index >= 15 is 0 Å². The van der Waals surface area contributed by atoms with E-state index in [1.165, 1.54) is 24.4 Å². The number of carboxylic acid groups (broad SMARTS) is 1. The fourth-order valence-electron chi connectivity index (χ4n) is 3.25. The first kappa shape index (κ1) is 21.9. The van der Waals surface area contributed by atoms with Gasteiger partial charge in [0, 0.05) is 29.6 Å². The van der Waals surface area contributed by atoms with Gasteiger partial charge in [-0.05, 0) is 54.6 Å². The molecule has 0 spiro atoms. The number of alkyl halides is 3. The largest absolute Gasteiger partial charge is 0.477 e. The Kier molecular flexibility index (Phi) is 5.50. The number of halogens is 3. The number of anilines is 1. The van der Waals surface area contributed by atoms with Crippen LogP contribution in [0.5, 0.6) is 11.6 Å². The Labute approximate surface area is 185 Å². The van der Waals surface area contributed by atoms with Crippen molar-refractivity contribution in [2.45, 2.75) is 6.18 Å². The van der Waals surface area contributed by atoms with Crippen molar-refractivity contribution in [3.05, 3.63) is 83.7 Å². The number of aromatic carboxylic acids is 1. The van der Waals surface area contributed by atoms with Crippen LogP contribution in [0.4, 0.5) is 18.9 Å². The van der Waals surface area contributed by atoms with Crippen LogP contribution >= 0.6 is 0 Å². The lowest BCUT2D eigenvalue weighted by Gasteiger charge is -2.09. The molecule has 0 aliphatic carbocycles. The maximum atomic E-state index is 12.6. The van der Waals surface area contributed by atoms with E-state index < -0.39 is 23.6 Å². The Morgan fingerprint density at radius 3 is 2.36 bits per heavy atom. The molecular weight excluding hydrogens is 439 g/mol. The lowest BCUT2D eigenvalue weighted by molar-refractivity contribution is -0.137. The standard InChI is InChI=1S/C23H16F3N3O4/c1-29-18-8-7-17(10-14(18)11-19(29)22(31)32)33-20-9-6-16(12-27-20)28-21(30)13-2-4-15(5-3-13)23(24,25)26/h2-12H,1H3,(H,28,30)(H,31,32). The number of nitrogens with zero attached hydrogens (tertiary/aromatic N) is 2. The zero-order valence-electron chi connectivity index (χ0n) is 17.1. The van der Waals surface area contributed by atoms with Crippen LogP contribution in [0.25, 0.3) is 10.9 Å². The van der Waals surface area contributed by atoms with Gasteiger partial charge in [-0.1, -0.05) is 0 Å². The molecule has 0 atom stereocenters. The number of carboxylic acids is 1. The highest BCUT2D eigenvalue weighted by molar-refractivity contribution is 6.04. The smallest absolute Gasteiger partial charge is 0.416 e. The highest BCUT2D eigenvalue weighted by Gasteiger charge is 2.30. The van der Waals surface area contributed by atoms with Crippen LogP contribution in [-0.4, -0.2) is 26.5 Å². The van der Waals surface area contributed by atoms with Crippen molar-refractivity contribution in [2.24, 2.45) is 7.05 Å². The van der Waals surface area contributed by atoms with Gasteiger partial charge in [0.2, 0.25) is 5.88 Å². The number of aryl methyl sites for hydroxylation is 1. The summed E-state index contributed by atoms with van der Waals surface area (Å²) in [4.78, 5) is 27.7. The number of amides is 1. The number of ether oxygens (including phenoxy) is 1. The summed E-state index contributed by atoms with van der Waals surface area (Å²) in [6, 6.07) is 13.6. The molecule has 0 saturated heterocycles. The molecule has 0 saturated carbocycles. The second kappa shape index (κ2) is 8.30. The van der Waals surface area contributed by atoms with Gasteiger partial charge in [0.1, 0.15) is 11.4 Å². The summed E-state index contributed by atoms with van der Waals surface area (Å²) in [5, 5.41) is 12.5. The fourth-order valence-corrected chi connectivity index (χ4v) is 3.25. The highest BCUT2D eigenvalue weighted by atomic mass is 19.4. The minimum Gasteiger partial charge on any atom is -0.477 e. The molecule has 168 valence electrons. The van der Waals surface area contributed by atoms with Crippen molar-refractivity contribution in [1.29, 1.82) is 0 Å². The first-order chi connectivity index (χ1) is 15.6. The van der Waals surface area contributed by atoms with E-state index in [2.05, 4.69) is 10.3 Å². The van der Waals surface area contributed by atoms with Gasteiger partial charge < -0.3 is 19.7 Å². The highest BCUT2D eigenvalue weighted by Crippen LogP contribution is 2.29. The van der Waals surface area contributed by atoms with Crippen molar-refractivity contribution in [2.75, 3.05) is 5.32 Å². The molecule has 0 aliphatic rings. The molecule has 2 aromatic carbocycles. The van der Waals surface area contributed by atoms with Crippen LogP contribution in [-0.2, 0) is 13.2 Å². The molecule has 2 N–H and O–H groups in total. The van der Waals surface area contributed by atoms with Gasteiger partial charge in [-0.15, -0.1) is 0 Å². The molecule has 7 nitrogen and oxygen atoms in total. The molecule has 4 rings (SSSR count). The number of nitrogens with one attached hydrogen (secondary N) is 1. The molecule has 0 unspecified atom stereocenters. The number of fused-ring (bicyclic) bond motifs is 1. The first-order valence-corrected chi connectivity index (χ1v) is 9.57. The second-order valence-electron chi connectivity index (χ2n) is 7.13. The number of rotatable bonds is 5. The summed E-state index contributed by atoms with van der Waals surface area (Å²) in [6.07, 6.45) is -3.13. The van der Waals surface area contributed by atoms with E-state index in [9.17, 15) is 27.9 Å². The Morgan fingerprint density at radius 2 is 1.76 bits per heavy atom. The summed E-state index contributed by atoms with van der Waals surface area (Å²) in [5.74, 6) is -0.940. The molecule has 0 bridgehead atoms. The Bertz CT molecular complexity index is 1340. The SMILES string of the molecule is Cn1c(C(=O)O)cc2cc(Oc3ccc(NC(=O)c4ccc(C(F)(F)F)cc4)cn3)ccc21. The van der Waals surface area contributed by atoms with Gasteiger partial charge >= 0.3 is 12.1 Å². The van der Waals surface area contributed by atoms with E-state index in [0.717, 1.165) is 29.8 Å². The molecule has 10 heteroatoms. The van der Waals surface area contributed by atoms with Gasteiger partial charge in [-0.3, -0.25) is 4.79 Å². The van der Waals surface area contributed by atoms with Crippen LogP contribution in [0.3, 0.4) is 0 Å². The maximum Gasteiger partial charge on any atom is 0.416 e. The summed E-state index contributed by atoms with van der Waals surface area (Å²) in [7, 11) is 1.66. The van der Waals surface area contributed by atoms with Crippen LogP contribution < -0.4 is 10.1 Å². The molecule has 2 heterocycles. The topological polar surface area (TPSA) is 93.5 Å². The van der Waals surface area contributed by atoms with E-state index in [0.29, 0.717) is 16.8 Å². The van der Waals surface area contributed by atoms with Gasteiger partial charge in [0.15, 0.2) is 0 Å². The number of pyridine rings is 1. The van der Waals surface area contributed by atoms with Crippen molar-refractivity contribution in [3.8, 4) is 11.6 Å². The summed E-state index contributed by atoms with van der Waals surface area (Å²) < 4.78 is 45.2. The van der Waals surface area contributed by atoms with Gasteiger partial charge in [-0.25, -0.2) is 9.78 Å². The zero-order chi connectivity index (χ0) is 23.8. The van der Waals surface area contributed by atoms with Crippen LogP contribution in [0.15, 0.2) is 66.9 Å². The Balaban J connectivity index is 1.44. The van der Waals surface area contributed by atoms with E-state index in [4.69, 9.17) is 4.74 Å². The van der Waals surface area contributed by atoms with Crippen LogP contribution in [0.2, 0.25) is 0 Å². The third kappa shape index (κ3) is 4.64. The second-order valence-corrected chi connectivity index (χ2v) is 7.13. The Hall–Kier alpha value is -4.34. The van der Waals surface area contributed by atoms with Crippen molar-refractivity contribution >= 4 is 28.5 Å². The van der Waals surface area contributed by atoms with Gasteiger partial charge in [0.05, 0.1) is 17.4 Å². The predicted molar refractivity (Wildman–Crippen MR) is 114 cm³/mol. The van der Waals surface area contributed by atoms with Gasteiger partial charge in [0.25, 0.3) is 5.91 Å². The molecule has 33 heavy (non-hydrogen) atoms. The van der Waals surface area contributed by atoms with Crippen LogP contribution in [0, 0.1) is 0 Å². The average molecular weight is 455 g/mol. The molecule has 0 radical (unpaired) electrons. The molecular formula is C23H16F3N3O4. The number of hydrogen-bond donors (Lipinski definition) is 2. The predicted octanol–water partition coefficient (Wildman–Crippen LogP) is 5.33. The van der Waals surface area contributed by atoms with Crippen LogP contribution in [0.1, 0.15) is 26.4 Å². The van der Waals surface area contributed by atoms with E-state index in [-0.39, 0.29) is 17.1 Å². The summed E-state index contributed by atoms with van der Waals surface area (Å²) in [5.41, 5.74) is 0.439. The average Bonchev–Trinajstić information content (AvgIpc) is 3.11. The number of carbonyl (C=O) groups is 2. The summed E-state index contributed by atoms with van der Waals surface area (Å²) >= 11 is 0. The number of carbonyl (C=O) groups excluding carboxylic acids is 1. The van der Waals surface area contributed by atoms with E-state index in [1.807, 2.05) is 0 Å². The number of benzene rings is 2. The summed E-state index contributed by atoms with van der Waals surface area (Å²) in [6.45, 7) is 0. The molecule has 0 aliphatic heterocycles. The minimum atomic E-state index is -4.47. The van der Waals surface area contributed by atoms with Crippen molar-refractivity contribution in [3.63, 3.8) is 0 Å². The minimum absolute atomic E-state index is 0.0696. The normalized spacial score (nSPS) is 11.4. The molecule has 1 amide bonds. The molecule has 4 aromatic rings. The Morgan fingerprint density at radius 1 is 1.03 bits per heavy atom.